The van der Waals surface area contributed by atoms with Crippen LogP contribution in [0.4, 0.5) is 5.69 Å². The molecule has 1 fully saturated rings. The van der Waals surface area contributed by atoms with Crippen LogP contribution in [0.5, 0.6) is 0 Å². The lowest BCUT2D eigenvalue weighted by Crippen LogP contribution is -2.58. The number of nitrogens with zero attached hydrogens (tertiary/aromatic N) is 1. The predicted molar refractivity (Wildman–Crippen MR) is 81.7 cm³/mol. The third-order valence-electron chi connectivity index (χ3n) is 4.49. The molecule has 2 aliphatic rings. The molecule has 2 unspecified atom stereocenters. The van der Waals surface area contributed by atoms with Crippen molar-refractivity contribution in [1.82, 2.24) is 4.90 Å². The van der Waals surface area contributed by atoms with E-state index in [9.17, 15) is 14.4 Å². The molecule has 2 heterocycles. The highest BCUT2D eigenvalue weighted by atomic mass is 16.2. The molecule has 2 aliphatic heterocycles. The fraction of sp³-hybridized carbons (Fsp3) is 0.294. The first kappa shape index (κ1) is 14.3. The van der Waals surface area contributed by atoms with Gasteiger partial charge >= 0.3 is 0 Å². The number of carbonyl (C=O) groups is 2. The third-order valence-corrected chi connectivity index (χ3v) is 4.49. The predicted octanol–water partition coefficient (Wildman–Crippen LogP) is 1.79. The number of fused-ring (bicyclic) bond motifs is 2. The van der Waals surface area contributed by atoms with Gasteiger partial charge in [-0.15, -0.1) is 0 Å². The molecule has 1 aromatic carbocycles. The van der Waals surface area contributed by atoms with E-state index >= 15 is 0 Å². The molecule has 0 bridgehead atoms. The lowest BCUT2D eigenvalue weighted by Gasteiger charge is -2.45. The highest BCUT2D eigenvalue weighted by Crippen LogP contribution is 2.49. The number of piperidine rings is 1. The zero-order valence-corrected chi connectivity index (χ0v) is 12.3. The summed E-state index contributed by atoms with van der Waals surface area (Å²) in [6.45, 7) is 5.72. The minimum Gasteiger partial charge on any atom is -0.325 e. The summed E-state index contributed by atoms with van der Waals surface area (Å²) in [5, 5.41) is 2.89. The Labute approximate surface area is 128 Å². The fourth-order valence-corrected chi connectivity index (χ4v) is 3.67. The largest absolute Gasteiger partial charge is 0.325 e. The van der Waals surface area contributed by atoms with Crippen molar-refractivity contribution in [3.05, 3.63) is 48.2 Å². The van der Waals surface area contributed by atoms with Crippen LogP contribution in [0.25, 0.3) is 0 Å². The Hall–Kier alpha value is -2.65. The van der Waals surface area contributed by atoms with Crippen molar-refractivity contribution >= 4 is 23.4 Å². The summed E-state index contributed by atoms with van der Waals surface area (Å²) in [4.78, 5) is 37.1. The maximum absolute atomic E-state index is 12.8. The molecule has 0 aromatic heterocycles. The van der Waals surface area contributed by atoms with Gasteiger partial charge < -0.3 is 10.2 Å². The summed E-state index contributed by atoms with van der Waals surface area (Å²) in [5.41, 5.74) is 1.36. The van der Waals surface area contributed by atoms with Gasteiger partial charge in [0.25, 0.3) is 0 Å². The zero-order valence-electron chi connectivity index (χ0n) is 12.3. The Morgan fingerprint density at radius 3 is 2.86 bits per heavy atom. The topological polar surface area (TPSA) is 66.5 Å². The SMILES string of the molecule is C=C(C)C1N(C=C=O)C(=O)CCC12C(=O)Nc1ccccc12. The molecule has 1 aromatic rings. The van der Waals surface area contributed by atoms with Crippen molar-refractivity contribution in [2.45, 2.75) is 31.2 Å². The minimum absolute atomic E-state index is 0.154. The van der Waals surface area contributed by atoms with Gasteiger partial charge in [0.05, 0.1) is 12.2 Å². The van der Waals surface area contributed by atoms with Crippen molar-refractivity contribution in [1.29, 1.82) is 0 Å². The molecular formula is C17H16N2O3. The number of hydrogen-bond donors (Lipinski definition) is 1. The Morgan fingerprint density at radius 2 is 2.18 bits per heavy atom. The van der Waals surface area contributed by atoms with Crippen LogP contribution < -0.4 is 5.32 Å². The normalized spacial score (nSPS) is 26.4. The molecule has 3 rings (SSSR count). The lowest BCUT2D eigenvalue weighted by molar-refractivity contribution is -0.138. The van der Waals surface area contributed by atoms with E-state index in [-0.39, 0.29) is 18.2 Å². The first-order chi connectivity index (χ1) is 10.5. The van der Waals surface area contributed by atoms with Crippen molar-refractivity contribution in [3.8, 4) is 0 Å². The number of amides is 2. The second-order valence-corrected chi connectivity index (χ2v) is 5.77. The Balaban J connectivity index is 2.24. The Morgan fingerprint density at radius 1 is 1.45 bits per heavy atom. The van der Waals surface area contributed by atoms with Gasteiger partial charge in [0.2, 0.25) is 11.8 Å². The fourth-order valence-electron chi connectivity index (χ4n) is 3.67. The number of nitrogens with one attached hydrogen (secondary N) is 1. The number of hydrogen-bond acceptors (Lipinski definition) is 3. The van der Waals surface area contributed by atoms with Gasteiger partial charge in [-0.2, -0.15) is 0 Å². The second-order valence-electron chi connectivity index (χ2n) is 5.77. The zero-order chi connectivity index (χ0) is 15.9. The second kappa shape index (κ2) is 4.97. The monoisotopic (exact) mass is 296 g/mol. The van der Waals surface area contributed by atoms with Crippen LogP contribution in [0.1, 0.15) is 25.3 Å². The Kier molecular flexibility index (Phi) is 3.23. The molecule has 1 N–H and O–H groups in total. The summed E-state index contributed by atoms with van der Waals surface area (Å²) < 4.78 is 0. The molecule has 22 heavy (non-hydrogen) atoms. The first-order valence-corrected chi connectivity index (χ1v) is 7.11. The molecule has 5 heteroatoms. The van der Waals surface area contributed by atoms with Crippen molar-refractivity contribution < 1.29 is 14.4 Å². The van der Waals surface area contributed by atoms with Crippen LogP contribution >= 0.6 is 0 Å². The van der Waals surface area contributed by atoms with E-state index in [0.717, 1.165) is 17.5 Å². The van der Waals surface area contributed by atoms with Gasteiger partial charge in [0.15, 0.2) is 0 Å². The molecule has 2 atom stereocenters. The molecular weight excluding hydrogens is 280 g/mol. The number of likely N-dealkylation sites (tertiary alicyclic amines) is 1. The van der Waals surface area contributed by atoms with E-state index in [0.29, 0.717) is 12.0 Å². The summed E-state index contributed by atoms with van der Waals surface area (Å²) in [6.07, 6.45) is 1.68. The maximum Gasteiger partial charge on any atom is 0.237 e. The summed E-state index contributed by atoms with van der Waals surface area (Å²) >= 11 is 0. The number of carbonyl (C=O) groups excluding carboxylic acids is 3. The van der Waals surface area contributed by atoms with Gasteiger partial charge in [0, 0.05) is 12.1 Å². The summed E-state index contributed by atoms with van der Waals surface area (Å²) in [6, 6.07) is 6.87. The van der Waals surface area contributed by atoms with E-state index in [1.807, 2.05) is 24.3 Å². The van der Waals surface area contributed by atoms with Gasteiger partial charge in [0.1, 0.15) is 11.4 Å². The highest BCUT2D eigenvalue weighted by molar-refractivity contribution is 6.08. The van der Waals surface area contributed by atoms with Crippen LogP contribution in [0.15, 0.2) is 42.6 Å². The quantitative estimate of drug-likeness (QED) is 0.668. The number of anilines is 1. The van der Waals surface area contributed by atoms with Crippen LogP contribution in [0, 0.1) is 0 Å². The van der Waals surface area contributed by atoms with Crippen molar-refractivity contribution in [3.63, 3.8) is 0 Å². The average molecular weight is 296 g/mol. The van der Waals surface area contributed by atoms with Gasteiger partial charge in [-0.1, -0.05) is 30.4 Å². The van der Waals surface area contributed by atoms with E-state index in [1.54, 1.807) is 12.9 Å². The summed E-state index contributed by atoms with van der Waals surface area (Å²) in [5.74, 6) is 1.31. The standard InChI is InChI=1S/C17H16N2O3/c1-11(2)15-17(8-7-14(21)19(15)9-10-20)12-5-3-4-6-13(12)18-16(17)22/h3-6,9,15H,1,7-8H2,2H3,(H,18,22). The lowest BCUT2D eigenvalue weighted by atomic mass is 9.67. The van der Waals surface area contributed by atoms with Crippen LogP contribution in [-0.2, 0) is 19.8 Å². The highest BCUT2D eigenvalue weighted by Gasteiger charge is 2.57. The number of rotatable bonds is 2. The molecule has 2 amide bonds. The molecule has 1 spiro atoms. The smallest absolute Gasteiger partial charge is 0.237 e. The van der Waals surface area contributed by atoms with Gasteiger partial charge in [-0.25, -0.2) is 4.79 Å². The summed E-state index contributed by atoms with van der Waals surface area (Å²) in [7, 11) is 0. The minimum atomic E-state index is -0.899. The van der Waals surface area contributed by atoms with E-state index < -0.39 is 11.5 Å². The van der Waals surface area contributed by atoms with Gasteiger partial charge in [-0.3, -0.25) is 9.59 Å². The van der Waals surface area contributed by atoms with Crippen molar-refractivity contribution in [2.24, 2.45) is 0 Å². The van der Waals surface area contributed by atoms with E-state index in [2.05, 4.69) is 11.9 Å². The third kappa shape index (κ3) is 1.76. The molecule has 112 valence electrons. The molecule has 0 aliphatic carbocycles. The van der Waals surface area contributed by atoms with Crippen molar-refractivity contribution in [2.75, 3.05) is 5.32 Å². The molecule has 5 nitrogen and oxygen atoms in total. The number of benzene rings is 1. The maximum atomic E-state index is 12.8. The molecule has 0 radical (unpaired) electrons. The van der Waals surface area contributed by atoms with Crippen LogP contribution in [-0.4, -0.2) is 28.7 Å². The van der Waals surface area contributed by atoms with E-state index in [4.69, 9.17) is 0 Å². The first-order valence-electron chi connectivity index (χ1n) is 7.11. The Bertz CT molecular complexity index is 733. The average Bonchev–Trinajstić information content (AvgIpc) is 2.76. The van der Waals surface area contributed by atoms with E-state index in [1.165, 1.54) is 4.90 Å². The number of para-hydroxylation sites is 1. The van der Waals surface area contributed by atoms with Crippen LogP contribution in [0.2, 0.25) is 0 Å². The molecule has 1 saturated heterocycles. The van der Waals surface area contributed by atoms with Gasteiger partial charge in [-0.05, 0) is 25.0 Å². The molecule has 0 saturated carbocycles. The van der Waals surface area contributed by atoms with Crippen LogP contribution in [0.3, 0.4) is 0 Å².